The van der Waals surface area contributed by atoms with Crippen LogP contribution in [0.3, 0.4) is 0 Å². The van der Waals surface area contributed by atoms with Crippen molar-refractivity contribution in [3.05, 3.63) is 58.6 Å². The second kappa shape index (κ2) is 16.5. The third-order valence-electron chi connectivity index (χ3n) is 5.93. The normalized spacial score (nSPS) is 17.4. The Labute approximate surface area is 217 Å². The number of unbranched alkanes of at least 4 members (excludes halogenated alkanes) is 4. The standard InChI is InChI=1S/C26H39N5O4S/c32-19-25-35-24(20-36-25)31-17-13-22(30-26(31)34)29-23(33)12-6-9-15-27-14-7-1-2-8-16-28-18-21-10-4-3-5-11-21/h3-5,10-11,13,17,24-25,27-28,32H,1-2,6-9,12,14-16,18-20H2,(H,29,30,33,34). The van der Waals surface area contributed by atoms with Crippen LogP contribution in [0, 0.1) is 0 Å². The largest absolute Gasteiger partial charge is 0.393 e. The van der Waals surface area contributed by atoms with E-state index in [4.69, 9.17) is 9.84 Å². The lowest BCUT2D eigenvalue weighted by atomic mass is 10.2. The van der Waals surface area contributed by atoms with Crippen molar-refractivity contribution < 1.29 is 14.6 Å². The van der Waals surface area contributed by atoms with E-state index >= 15 is 0 Å². The Morgan fingerprint density at radius 2 is 1.75 bits per heavy atom. The SMILES string of the molecule is O=C(CCCCNCCCCCCNCc1ccccc1)Nc1ccn(C2CSC(CO)O2)c(=O)n1. The summed E-state index contributed by atoms with van der Waals surface area (Å²) in [4.78, 5) is 28.4. The number of hydrogen-bond donors (Lipinski definition) is 4. The van der Waals surface area contributed by atoms with Gasteiger partial charge in [-0.3, -0.25) is 9.36 Å². The van der Waals surface area contributed by atoms with Crippen LogP contribution < -0.4 is 21.6 Å². The Bertz CT molecular complexity index is 959. The van der Waals surface area contributed by atoms with Crippen molar-refractivity contribution >= 4 is 23.5 Å². The molecule has 0 bridgehead atoms. The molecule has 1 aromatic heterocycles. The first-order valence-electron chi connectivity index (χ1n) is 12.9. The summed E-state index contributed by atoms with van der Waals surface area (Å²) in [6.07, 6.45) is 8.04. The molecular weight excluding hydrogens is 478 g/mol. The maximum Gasteiger partial charge on any atom is 0.351 e. The molecule has 0 saturated carbocycles. The average molecular weight is 518 g/mol. The van der Waals surface area contributed by atoms with E-state index in [0.717, 1.165) is 39.0 Å². The molecule has 2 unspecified atom stereocenters. The van der Waals surface area contributed by atoms with Crippen LogP contribution in [0.4, 0.5) is 5.82 Å². The predicted octanol–water partition coefficient (Wildman–Crippen LogP) is 2.87. The summed E-state index contributed by atoms with van der Waals surface area (Å²) < 4.78 is 6.96. The summed E-state index contributed by atoms with van der Waals surface area (Å²) >= 11 is 1.45. The molecule has 1 fully saturated rings. The van der Waals surface area contributed by atoms with Gasteiger partial charge >= 0.3 is 5.69 Å². The molecule has 1 amide bonds. The Hall–Kier alpha value is -2.24. The fourth-order valence-electron chi connectivity index (χ4n) is 3.93. The highest BCUT2D eigenvalue weighted by atomic mass is 32.2. The fraction of sp³-hybridized carbons (Fsp3) is 0.577. The predicted molar refractivity (Wildman–Crippen MR) is 144 cm³/mol. The number of thioether (sulfide) groups is 1. The number of rotatable bonds is 17. The Kier molecular flexibility index (Phi) is 13.0. The van der Waals surface area contributed by atoms with E-state index in [0.29, 0.717) is 12.2 Å². The number of benzene rings is 1. The first kappa shape index (κ1) is 28.3. The topological polar surface area (TPSA) is 118 Å². The van der Waals surface area contributed by atoms with E-state index in [2.05, 4.69) is 45.2 Å². The average Bonchev–Trinajstić information content (AvgIpc) is 3.36. The van der Waals surface area contributed by atoms with Crippen LogP contribution >= 0.6 is 11.8 Å². The van der Waals surface area contributed by atoms with E-state index in [1.165, 1.54) is 47.6 Å². The number of aromatic nitrogens is 2. The summed E-state index contributed by atoms with van der Waals surface area (Å²) in [6, 6.07) is 12.1. The highest BCUT2D eigenvalue weighted by Gasteiger charge is 2.27. The van der Waals surface area contributed by atoms with Crippen molar-refractivity contribution in [2.75, 3.05) is 37.3 Å². The number of carbonyl (C=O) groups is 1. The first-order chi connectivity index (χ1) is 17.7. The van der Waals surface area contributed by atoms with Gasteiger partial charge in [-0.05, 0) is 56.9 Å². The molecule has 2 aromatic rings. The number of anilines is 1. The molecule has 1 saturated heterocycles. The lowest BCUT2D eigenvalue weighted by molar-refractivity contribution is -0.116. The van der Waals surface area contributed by atoms with Gasteiger partial charge in [-0.15, -0.1) is 11.8 Å². The van der Waals surface area contributed by atoms with Gasteiger partial charge in [0.25, 0.3) is 0 Å². The molecule has 0 radical (unpaired) electrons. The van der Waals surface area contributed by atoms with Gasteiger partial charge in [-0.1, -0.05) is 43.2 Å². The number of hydrogen-bond acceptors (Lipinski definition) is 8. The summed E-state index contributed by atoms with van der Waals surface area (Å²) in [5.74, 6) is 0.673. The zero-order valence-corrected chi connectivity index (χ0v) is 21.7. The zero-order chi connectivity index (χ0) is 25.4. The number of ether oxygens (including phenoxy) is 1. The van der Waals surface area contributed by atoms with Gasteiger partial charge in [0.2, 0.25) is 5.91 Å². The molecule has 10 heteroatoms. The molecule has 9 nitrogen and oxygen atoms in total. The van der Waals surface area contributed by atoms with E-state index in [1.807, 2.05) is 6.07 Å². The summed E-state index contributed by atoms with van der Waals surface area (Å²) in [5.41, 5.74) is 0.520. The number of aliphatic hydroxyl groups is 1. The van der Waals surface area contributed by atoms with Crippen LogP contribution in [0.1, 0.15) is 56.7 Å². The third kappa shape index (κ3) is 10.4. The van der Waals surface area contributed by atoms with Crippen molar-refractivity contribution in [3.8, 4) is 0 Å². The van der Waals surface area contributed by atoms with Crippen molar-refractivity contribution in [2.24, 2.45) is 0 Å². The summed E-state index contributed by atoms with van der Waals surface area (Å²) in [7, 11) is 0. The fourth-order valence-corrected chi connectivity index (χ4v) is 4.87. The van der Waals surface area contributed by atoms with Crippen LogP contribution in [-0.2, 0) is 16.1 Å². The summed E-state index contributed by atoms with van der Waals surface area (Å²) in [5, 5.41) is 18.8. The van der Waals surface area contributed by atoms with Crippen molar-refractivity contribution in [1.29, 1.82) is 0 Å². The molecular formula is C26H39N5O4S. The highest BCUT2D eigenvalue weighted by molar-refractivity contribution is 8.00. The maximum atomic E-state index is 12.3. The van der Waals surface area contributed by atoms with E-state index in [1.54, 1.807) is 12.3 Å². The molecule has 0 aliphatic carbocycles. The third-order valence-corrected chi connectivity index (χ3v) is 7.04. The number of nitrogens with one attached hydrogen (secondary N) is 3. The monoisotopic (exact) mass is 517 g/mol. The van der Waals surface area contributed by atoms with E-state index in [9.17, 15) is 9.59 Å². The van der Waals surface area contributed by atoms with Crippen LogP contribution in [0.2, 0.25) is 0 Å². The van der Waals surface area contributed by atoms with E-state index < -0.39 is 11.9 Å². The number of amides is 1. The number of nitrogens with zero attached hydrogens (tertiary/aromatic N) is 2. The maximum absolute atomic E-state index is 12.3. The van der Waals surface area contributed by atoms with Crippen LogP contribution in [0.25, 0.3) is 0 Å². The van der Waals surface area contributed by atoms with Gasteiger partial charge in [-0.2, -0.15) is 4.98 Å². The molecule has 3 rings (SSSR count). The molecule has 2 heterocycles. The van der Waals surface area contributed by atoms with Gasteiger partial charge in [0, 0.05) is 24.9 Å². The quantitative estimate of drug-likeness (QED) is 0.237. The van der Waals surface area contributed by atoms with Crippen LogP contribution in [-0.4, -0.2) is 58.0 Å². The minimum Gasteiger partial charge on any atom is -0.393 e. The Morgan fingerprint density at radius 1 is 1.03 bits per heavy atom. The molecule has 1 aliphatic rings. The van der Waals surface area contributed by atoms with Crippen molar-refractivity contribution in [1.82, 2.24) is 20.2 Å². The van der Waals surface area contributed by atoms with Gasteiger partial charge in [0.1, 0.15) is 17.5 Å². The van der Waals surface area contributed by atoms with Crippen LogP contribution in [0.5, 0.6) is 0 Å². The minimum absolute atomic E-state index is 0.0964. The zero-order valence-electron chi connectivity index (χ0n) is 20.9. The van der Waals surface area contributed by atoms with Gasteiger partial charge < -0.3 is 25.8 Å². The Balaban J connectivity index is 1.15. The molecule has 1 aliphatic heterocycles. The van der Waals surface area contributed by atoms with E-state index in [-0.39, 0.29) is 23.8 Å². The second-order valence-electron chi connectivity index (χ2n) is 8.87. The molecule has 198 valence electrons. The molecule has 0 spiro atoms. The smallest absolute Gasteiger partial charge is 0.351 e. The molecule has 4 N–H and O–H groups in total. The molecule has 36 heavy (non-hydrogen) atoms. The molecule has 2 atom stereocenters. The lowest BCUT2D eigenvalue weighted by Gasteiger charge is -2.14. The van der Waals surface area contributed by atoms with Crippen molar-refractivity contribution in [3.63, 3.8) is 0 Å². The Morgan fingerprint density at radius 3 is 2.44 bits per heavy atom. The summed E-state index contributed by atoms with van der Waals surface area (Å²) in [6.45, 7) is 3.79. The van der Waals surface area contributed by atoms with Gasteiger partial charge in [0.15, 0.2) is 0 Å². The van der Waals surface area contributed by atoms with Gasteiger partial charge in [0.05, 0.1) is 6.61 Å². The minimum atomic E-state index is -0.482. The van der Waals surface area contributed by atoms with Crippen molar-refractivity contribution in [2.45, 2.75) is 63.2 Å². The lowest BCUT2D eigenvalue weighted by Crippen LogP contribution is -2.29. The highest BCUT2D eigenvalue weighted by Crippen LogP contribution is 2.30. The second-order valence-corrected chi connectivity index (χ2v) is 10.1. The first-order valence-corrected chi connectivity index (χ1v) is 13.9. The number of carbonyl (C=O) groups excluding carboxylic acids is 1. The van der Waals surface area contributed by atoms with Crippen LogP contribution in [0.15, 0.2) is 47.4 Å². The van der Waals surface area contributed by atoms with Gasteiger partial charge in [-0.25, -0.2) is 4.79 Å². The number of aliphatic hydroxyl groups excluding tert-OH is 1. The molecule has 1 aromatic carbocycles.